The molecule has 1 aliphatic carbocycles. The van der Waals surface area contributed by atoms with Crippen molar-refractivity contribution < 1.29 is 4.74 Å². The molecular formula is C19H29NO. The maximum Gasteiger partial charge on any atom is 0.0725 e. The first-order valence-corrected chi connectivity index (χ1v) is 8.79. The monoisotopic (exact) mass is 287 g/mol. The zero-order valence-corrected chi connectivity index (χ0v) is 13.4. The Labute approximate surface area is 129 Å². The van der Waals surface area contributed by atoms with Gasteiger partial charge in [-0.15, -0.1) is 0 Å². The molecule has 1 saturated carbocycles. The van der Waals surface area contributed by atoms with Gasteiger partial charge in [0, 0.05) is 6.04 Å². The van der Waals surface area contributed by atoms with Crippen molar-refractivity contribution >= 4 is 0 Å². The number of fused-ring (bicyclic) bond motifs is 1. The third-order valence-corrected chi connectivity index (χ3v) is 5.13. The summed E-state index contributed by atoms with van der Waals surface area (Å²) in [5, 5.41) is 3.76. The zero-order chi connectivity index (χ0) is 14.5. The molecule has 1 unspecified atom stereocenters. The van der Waals surface area contributed by atoms with E-state index >= 15 is 0 Å². The predicted octanol–water partition coefficient (Wildman–Crippen LogP) is 4.73. The van der Waals surface area contributed by atoms with Crippen molar-refractivity contribution in [3.63, 3.8) is 0 Å². The van der Waals surface area contributed by atoms with Crippen molar-refractivity contribution in [1.29, 1.82) is 0 Å². The molecule has 0 amide bonds. The summed E-state index contributed by atoms with van der Waals surface area (Å²) in [5.74, 6) is 0.980. The molecule has 1 atom stereocenters. The van der Waals surface area contributed by atoms with E-state index in [1.165, 1.54) is 61.6 Å². The van der Waals surface area contributed by atoms with Gasteiger partial charge in [0.25, 0.3) is 0 Å². The lowest BCUT2D eigenvalue weighted by molar-refractivity contribution is 0.134. The Hall–Kier alpha value is -0.860. The van der Waals surface area contributed by atoms with Gasteiger partial charge in [0.05, 0.1) is 13.2 Å². The van der Waals surface area contributed by atoms with Gasteiger partial charge in [0.2, 0.25) is 0 Å². The highest BCUT2D eigenvalue weighted by Crippen LogP contribution is 2.32. The molecule has 0 aromatic heterocycles. The third kappa shape index (κ3) is 3.87. The van der Waals surface area contributed by atoms with Crippen LogP contribution in [-0.2, 0) is 18.0 Å². The molecule has 2 heteroatoms. The maximum absolute atomic E-state index is 5.55. The molecule has 1 fully saturated rings. The van der Waals surface area contributed by atoms with Crippen LogP contribution >= 0.6 is 0 Å². The predicted molar refractivity (Wildman–Crippen MR) is 87.2 cm³/mol. The van der Waals surface area contributed by atoms with Crippen LogP contribution in [0.15, 0.2) is 18.2 Å². The second kappa shape index (κ2) is 7.42. The minimum absolute atomic E-state index is 0.524. The van der Waals surface area contributed by atoms with Crippen molar-refractivity contribution in [3.05, 3.63) is 34.9 Å². The Balaban J connectivity index is 1.65. The van der Waals surface area contributed by atoms with Crippen LogP contribution in [0.3, 0.4) is 0 Å². The molecule has 2 aliphatic rings. The summed E-state index contributed by atoms with van der Waals surface area (Å²) in [6, 6.07) is 7.49. The summed E-state index contributed by atoms with van der Waals surface area (Å²) in [6.07, 6.45) is 9.69. The van der Waals surface area contributed by atoms with E-state index in [0.717, 1.165) is 25.7 Å². The Morgan fingerprint density at radius 3 is 2.81 bits per heavy atom. The Morgan fingerprint density at radius 1 is 1.19 bits per heavy atom. The minimum atomic E-state index is 0.524. The van der Waals surface area contributed by atoms with Crippen LogP contribution in [-0.4, -0.2) is 6.54 Å². The second-order valence-electron chi connectivity index (χ2n) is 6.76. The Bertz CT molecular complexity index is 451. The molecule has 0 radical (unpaired) electrons. The average Bonchev–Trinajstić information content (AvgIpc) is 3.17. The Morgan fingerprint density at radius 2 is 2.00 bits per heavy atom. The summed E-state index contributed by atoms with van der Waals surface area (Å²) < 4.78 is 5.55. The first-order valence-electron chi connectivity index (χ1n) is 8.79. The van der Waals surface area contributed by atoms with E-state index in [4.69, 9.17) is 4.74 Å². The maximum atomic E-state index is 5.55. The fourth-order valence-electron chi connectivity index (χ4n) is 3.82. The molecule has 1 aliphatic heterocycles. The van der Waals surface area contributed by atoms with E-state index in [1.54, 1.807) is 0 Å². The first-order chi connectivity index (χ1) is 10.4. The van der Waals surface area contributed by atoms with Crippen LogP contribution in [0, 0.1) is 5.92 Å². The second-order valence-corrected chi connectivity index (χ2v) is 6.76. The Kier molecular flexibility index (Phi) is 5.32. The first kappa shape index (κ1) is 15.1. The molecule has 0 saturated heterocycles. The molecular weight excluding hydrogens is 258 g/mol. The normalized spacial score (nSPS) is 19.9. The SMILES string of the molecule is CCCNC(CCC1CCCC1)c1ccc2c(c1)COC2. The van der Waals surface area contributed by atoms with Gasteiger partial charge in [0.15, 0.2) is 0 Å². The minimum Gasteiger partial charge on any atom is -0.372 e. The van der Waals surface area contributed by atoms with Crippen LogP contribution in [0.2, 0.25) is 0 Å². The molecule has 0 spiro atoms. The van der Waals surface area contributed by atoms with Crippen LogP contribution in [0.4, 0.5) is 0 Å². The fraction of sp³-hybridized carbons (Fsp3) is 0.684. The number of nitrogens with one attached hydrogen (secondary N) is 1. The van der Waals surface area contributed by atoms with Gasteiger partial charge in [-0.25, -0.2) is 0 Å². The quantitative estimate of drug-likeness (QED) is 0.783. The van der Waals surface area contributed by atoms with Crippen molar-refractivity contribution in [2.24, 2.45) is 5.92 Å². The number of ether oxygens (including phenoxy) is 1. The van der Waals surface area contributed by atoms with Crippen LogP contribution in [0.5, 0.6) is 0 Å². The molecule has 1 N–H and O–H groups in total. The van der Waals surface area contributed by atoms with E-state index in [1.807, 2.05) is 0 Å². The highest BCUT2D eigenvalue weighted by Gasteiger charge is 2.19. The van der Waals surface area contributed by atoms with E-state index in [0.29, 0.717) is 6.04 Å². The van der Waals surface area contributed by atoms with Gasteiger partial charge >= 0.3 is 0 Å². The summed E-state index contributed by atoms with van der Waals surface area (Å²) in [4.78, 5) is 0. The molecule has 1 heterocycles. The van der Waals surface area contributed by atoms with E-state index in [2.05, 4.69) is 30.4 Å². The smallest absolute Gasteiger partial charge is 0.0725 e. The van der Waals surface area contributed by atoms with Gasteiger partial charge < -0.3 is 10.1 Å². The van der Waals surface area contributed by atoms with Gasteiger partial charge in [-0.2, -0.15) is 0 Å². The lowest BCUT2D eigenvalue weighted by atomic mass is 9.93. The fourth-order valence-corrected chi connectivity index (χ4v) is 3.82. The van der Waals surface area contributed by atoms with Crippen LogP contribution in [0.1, 0.15) is 74.6 Å². The van der Waals surface area contributed by atoms with E-state index < -0.39 is 0 Å². The van der Waals surface area contributed by atoms with Crippen molar-refractivity contribution in [3.8, 4) is 0 Å². The molecule has 0 bridgehead atoms. The molecule has 1 aromatic carbocycles. The molecule has 116 valence electrons. The number of hydrogen-bond donors (Lipinski definition) is 1. The summed E-state index contributed by atoms with van der Waals surface area (Å²) in [5.41, 5.74) is 4.24. The van der Waals surface area contributed by atoms with Gasteiger partial charge in [-0.05, 0) is 48.4 Å². The molecule has 21 heavy (non-hydrogen) atoms. The lowest BCUT2D eigenvalue weighted by Gasteiger charge is -2.21. The zero-order valence-electron chi connectivity index (χ0n) is 13.4. The largest absolute Gasteiger partial charge is 0.372 e. The summed E-state index contributed by atoms with van der Waals surface area (Å²) in [6.45, 7) is 4.96. The van der Waals surface area contributed by atoms with Gasteiger partial charge in [-0.1, -0.05) is 50.8 Å². The lowest BCUT2D eigenvalue weighted by Crippen LogP contribution is -2.23. The summed E-state index contributed by atoms with van der Waals surface area (Å²) >= 11 is 0. The summed E-state index contributed by atoms with van der Waals surface area (Å²) in [7, 11) is 0. The standard InChI is InChI=1S/C19H29NO/c1-2-11-20-19(10-7-15-5-3-4-6-15)16-8-9-17-13-21-14-18(17)12-16/h8-9,12,15,19-20H,2-7,10-11,13-14H2,1H3. The van der Waals surface area contributed by atoms with Crippen molar-refractivity contribution in [2.75, 3.05) is 6.54 Å². The van der Waals surface area contributed by atoms with Gasteiger partial charge in [-0.3, -0.25) is 0 Å². The van der Waals surface area contributed by atoms with Crippen molar-refractivity contribution in [1.82, 2.24) is 5.32 Å². The van der Waals surface area contributed by atoms with Crippen LogP contribution in [0.25, 0.3) is 0 Å². The average molecular weight is 287 g/mol. The highest BCUT2D eigenvalue weighted by atomic mass is 16.5. The third-order valence-electron chi connectivity index (χ3n) is 5.13. The number of hydrogen-bond acceptors (Lipinski definition) is 2. The van der Waals surface area contributed by atoms with Crippen molar-refractivity contribution in [2.45, 2.75) is 71.1 Å². The van der Waals surface area contributed by atoms with E-state index in [-0.39, 0.29) is 0 Å². The molecule has 3 rings (SSSR count). The van der Waals surface area contributed by atoms with Crippen LogP contribution < -0.4 is 5.32 Å². The number of benzene rings is 1. The highest BCUT2D eigenvalue weighted by molar-refractivity contribution is 5.34. The van der Waals surface area contributed by atoms with E-state index in [9.17, 15) is 0 Å². The molecule has 2 nitrogen and oxygen atoms in total. The van der Waals surface area contributed by atoms with Gasteiger partial charge in [0.1, 0.15) is 0 Å². The molecule has 1 aromatic rings. The number of rotatable bonds is 7. The topological polar surface area (TPSA) is 21.3 Å².